The van der Waals surface area contributed by atoms with Gasteiger partial charge in [0.1, 0.15) is 11.5 Å². The Labute approximate surface area is 168 Å². The zero-order valence-electron chi connectivity index (χ0n) is 16.8. The lowest BCUT2D eigenvalue weighted by Gasteiger charge is -2.32. The molecule has 0 atom stereocenters. The van der Waals surface area contributed by atoms with E-state index in [0.29, 0.717) is 36.3 Å². The minimum absolute atomic E-state index is 0.0565. The van der Waals surface area contributed by atoms with Crippen LogP contribution in [-0.2, 0) is 10.0 Å². The summed E-state index contributed by atoms with van der Waals surface area (Å²) in [7, 11) is -3.49. The van der Waals surface area contributed by atoms with Crippen LogP contribution >= 0.6 is 0 Å². The molecule has 0 saturated carbocycles. The number of rotatable bonds is 7. The Bertz CT molecular complexity index is 870. The molecular weight excluding hydrogens is 374 g/mol. The number of benzene rings is 2. The van der Waals surface area contributed by atoms with Gasteiger partial charge in [0.15, 0.2) is 0 Å². The van der Waals surface area contributed by atoms with Crippen LogP contribution in [0, 0.1) is 0 Å². The van der Waals surface area contributed by atoms with Crippen molar-refractivity contribution >= 4 is 10.0 Å². The largest absolute Gasteiger partial charge is 0.494 e. The summed E-state index contributed by atoms with van der Waals surface area (Å²) < 4.78 is 38.9. The standard InChI is InChI=1S/C22H29NO4S/c1-4-26-22-8-6-5-7-21(22)18-13-15-23(16-14-18)28(24,25)20-11-9-19(10-12-20)27-17(2)3/h5-12,17-18H,4,13-16H2,1-3H3. The number of hydrogen-bond acceptors (Lipinski definition) is 4. The molecule has 152 valence electrons. The third kappa shape index (κ3) is 4.67. The smallest absolute Gasteiger partial charge is 0.243 e. The summed E-state index contributed by atoms with van der Waals surface area (Å²) in [6.45, 7) is 7.51. The van der Waals surface area contributed by atoms with Crippen molar-refractivity contribution in [2.75, 3.05) is 19.7 Å². The summed E-state index contributed by atoms with van der Waals surface area (Å²) in [5.41, 5.74) is 1.18. The van der Waals surface area contributed by atoms with Crippen molar-refractivity contribution < 1.29 is 17.9 Å². The van der Waals surface area contributed by atoms with Gasteiger partial charge in [-0.25, -0.2) is 8.42 Å². The zero-order valence-corrected chi connectivity index (χ0v) is 17.6. The van der Waals surface area contributed by atoms with E-state index in [1.165, 1.54) is 5.56 Å². The molecule has 0 spiro atoms. The monoisotopic (exact) mass is 403 g/mol. The van der Waals surface area contributed by atoms with Crippen LogP contribution in [0.4, 0.5) is 0 Å². The number of nitrogens with zero attached hydrogens (tertiary/aromatic N) is 1. The lowest BCUT2D eigenvalue weighted by molar-refractivity contribution is 0.242. The van der Waals surface area contributed by atoms with Crippen LogP contribution in [0.25, 0.3) is 0 Å². The van der Waals surface area contributed by atoms with Crippen LogP contribution in [0.15, 0.2) is 53.4 Å². The first-order chi connectivity index (χ1) is 13.4. The number of para-hydroxylation sites is 1. The molecular formula is C22H29NO4S. The third-order valence-corrected chi connectivity index (χ3v) is 6.86. The minimum atomic E-state index is -3.49. The molecule has 0 aromatic heterocycles. The van der Waals surface area contributed by atoms with Gasteiger partial charge in [-0.15, -0.1) is 0 Å². The number of piperidine rings is 1. The second-order valence-corrected chi connectivity index (χ2v) is 9.23. The van der Waals surface area contributed by atoms with E-state index in [0.717, 1.165) is 18.6 Å². The lowest BCUT2D eigenvalue weighted by Crippen LogP contribution is -2.37. The summed E-state index contributed by atoms with van der Waals surface area (Å²) in [4.78, 5) is 0.316. The summed E-state index contributed by atoms with van der Waals surface area (Å²) >= 11 is 0. The fourth-order valence-electron chi connectivity index (χ4n) is 3.62. The van der Waals surface area contributed by atoms with Crippen LogP contribution in [0.1, 0.15) is 45.1 Å². The molecule has 6 heteroatoms. The Balaban J connectivity index is 1.68. The molecule has 1 aliphatic rings. The molecule has 2 aromatic rings. The molecule has 3 rings (SSSR count). The maximum atomic E-state index is 13.0. The van der Waals surface area contributed by atoms with Crippen molar-refractivity contribution in [1.82, 2.24) is 4.31 Å². The molecule has 5 nitrogen and oxygen atoms in total. The van der Waals surface area contributed by atoms with Gasteiger partial charge >= 0.3 is 0 Å². The predicted octanol–water partition coefficient (Wildman–Crippen LogP) is 4.44. The lowest BCUT2D eigenvalue weighted by atomic mass is 9.89. The topological polar surface area (TPSA) is 55.8 Å². The van der Waals surface area contributed by atoms with E-state index in [1.807, 2.05) is 39.0 Å². The van der Waals surface area contributed by atoms with Crippen molar-refractivity contribution in [3.63, 3.8) is 0 Å². The molecule has 1 fully saturated rings. The Morgan fingerprint density at radius 2 is 1.68 bits per heavy atom. The second-order valence-electron chi connectivity index (χ2n) is 7.29. The molecule has 2 aromatic carbocycles. The summed E-state index contributed by atoms with van der Waals surface area (Å²) in [6.07, 6.45) is 1.64. The van der Waals surface area contributed by atoms with E-state index in [9.17, 15) is 8.42 Å². The molecule has 0 bridgehead atoms. The normalized spacial score (nSPS) is 16.3. The van der Waals surface area contributed by atoms with Crippen molar-refractivity contribution in [2.45, 2.75) is 50.5 Å². The van der Waals surface area contributed by atoms with Crippen LogP contribution in [0.2, 0.25) is 0 Å². The van der Waals surface area contributed by atoms with Crippen molar-refractivity contribution in [2.24, 2.45) is 0 Å². The van der Waals surface area contributed by atoms with Crippen molar-refractivity contribution in [1.29, 1.82) is 0 Å². The highest BCUT2D eigenvalue weighted by Crippen LogP contribution is 2.35. The van der Waals surface area contributed by atoms with Gasteiger partial charge in [-0.2, -0.15) is 4.31 Å². The van der Waals surface area contributed by atoms with E-state index in [-0.39, 0.29) is 6.10 Å². The molecule has 28 heavy (non-hydrogen) atoms. The van der Waals surface area contributed by atoms with Gasteiger partial charge in [0.2, 0.25) is 10.0 Å². The Hall–Kier alpha value is -2.05. The van der Waals surface area contributed by atoms with Crippen LogP contribution < -0.4 is 9.47 Å². The molecule has 1 heterocycles. The minimum Gasteiger partial charge on any atom is -0.494 e. The maximum absolute atomic E-state index is 13.0. The first kappa shape index (κ1) is 20.7. The van der Waals surface area contributed by atoms with Crippen molar-refractivity contribution in [3.05, 3.63) is 54.1 Å². The molecule has 0 aliphatic carbocycles. The maximum Gasteiger partial charge on any atom is 0.243 e. The second kappa shape index (κ2) is 8.97. The molecule has 1 aliphatic heterocycles. The van der Waals surface area contributed by atoms with Gasteiger partial charge in [0.05, 0.1) is 17.6 Å². The molecule has 0 unspecified atom stereocenters. The fourth-order valence-corrected chi connectivity index (χ4v) is 5.09. The van der Waals surface area contributed by atoms with Crippen LogP contribution in [0.5, 0.6) is 11.5 Å². The average Bonchev–Trinajstić information content (AvgIpc) is 2.69. The van der Waals surface area contributed by atoms with E-state index in [4.69, 9.17) is 9.47 Å². The molecule has 0 N–H and O–H groups in total. The highest BCUT2D eigenvalue weighted by Gasteiger charge is 2.30. The Morgan fingerprint density at radius 1 is 1.04 bits per heavy atom. The highest BCUT2D eigenvalue weighted by molar-refractivity contribution is 7.89. The van der Waals surface area contributed by atoms with Gasteiger partial charge in [-0.05, 0) is 75.4 Å². The van der Waals surface area contributed by atoms with E-state index in [1.54, 1.807) is 28.6 Å². The molecule has 0 radical (unpaired) electrons. The average molecular weight is 404 g/mol. The van der Waals surface area contributed by atoms with Crippen LogP contribution in [-0.4, -0.2) is 38.5 Å². The first-order valence-electron chi connectivity index (χ1n) is 9.90. The summed E-state index contributed by atoms with van der Waals surface area (Å²) in [5.74, 6) is 1.91. The summed E-state index contributed by atoms with van der Waals surface area (Å²) in [6, 6.07) is 14.8. The number of ether oxygens (including phenoxy) is 2. The van der Waals surface area contributed by atoms with Gasteiger partial charge in [-0.1, -0.05) is 18.2 Å². The molecule has 0 amide bonds. The Morgan fingerprint density at radius 3 is 2.29 bits per heavy atom. The van der Waals surface area contributed by atoms with E-state index >= 15 is 0 Å². The fraction of sp³-hybridized carbons (Fsp3) is 0.455. The van der Waals surface area contributed by atoms with Gasteiger partial charge < -0.3 is 9.47 Å². The van der Waals surface area contributed by atoms with Gasteiger partial charge in [-0.3, -0.25) is 0 Å². The SMILES string of the molecule is CCOc1ccccc1C1CCN(S(=O)(=O)c2ccc(OC(C)C)cc2)CC1. The number of hydrogen-bond donors (Lipinski definition) is 0. The number of sulfonamides is 1. The highest BCUT2D eigenvalue weighted by atomic mass is 32.2. The van der Waals surface area contributed by atoms with Gasteiger partial charge in [0.25, 0.3) is 0 Å². The quantitative estimate of drug-likeness (QED) is 0.686. The van der Waals surface area contributed by atoms with Crippen LogP contribution in [0.3, 0.4) is 0 Å². The summed E-state index contributed by atoms with van der Waals surface area (Å²) in [5, 5.41) is 0. The first-order valence-corrected chi connectivity index (χ1v) is 11.3. The molecule has 1 saturated heterocycles. The Kier molecular flexibility index (Phi) is 6.62. The van der Waals surface area contributed by atoms with Gasteiger partial charge in [0, 0.05) is 13.1 Å². The van der Waals surface area contributed by atoms with E-state index < -0.39 is 10.0 Å². The third-order valence-electron chi connectivity index (χ3n) is 4.95. The zero-order chi connectivity index (χ0) is 20.1. The predicted molar refractivity (Wildman–Crippen MR) is 111 cm³/mol. The van der Waals surface area contributed by atoms with Crippen molar-refractivity contribution in [3.8, 4) is 11.5 Å². The van der Waals surface area contributed by atoms with E-state index in [2.05, 4.69) is 6.07 Å².